The number of rotatable bonds is 2. The van der Waals surface area contributed by atoms with Crippen molar-refractivity contribution in [3.05, 3.63) is 53.3 Å². The molecule has 0 saturated heterocycles. The molecule has 76 valence electrons. The molecule has 0 bridgehead atoms. The summed E-state index contributed by atoms with van der Waals surface area (Å²) < 4.78 is 0. The topological polar surface area (TPSA) is 12.9 Å². The van der Waals surface area contributed by atoms with Gasteiger partial charge in [0.15, 0.2) is 0 Å². The van der Waals surface area contributed by atoms with E-state index in [1.807, 2.05) is 36.4 Å². The molecule has 0 fully saturated rings. The van der Waals surface area contributed by atoms with Crippen LogP contribution >= 0.6 is 23.2 Å². The van der Waals surface area contributed by atoms with Crippen LogP contribution in [0.1, 0.15) is 5.69 Å². The minimum Gasteiger partial charge on any atom is -0.258 e. The maximum atomic E-state index is 5.92. The van der Waals surface area contributed by atoms with E-state index in [-0.39, 0.29) is 0 Å². The molecular formula is C12H9Cl2N. The first-order valence-corrected chi connectivity index (χ1v) is 5.48. The molecule has 0 N–H and O–H groups in total. The molecule has 1 heterocycles. The highest BCUT2D eigenvalue weighted by Gasteiger charge is 2.05. The summed E-state index contributed by atoms with van der Waals surface area (Å²) in [5.74, 6) is 0.390. The number of nitrogens with zero attached hydrogens (tertiary/aromatic N) is 1. The lowest BCUT2D eigenvalue weighted by molar-refractivity contribution is 1.17. The Bertz CT molecular complexity index is 454. The highest BCUT2D eigenvalue weighted by molar-refractivity contribution is 6.30. The number of hydrogen-bond acceptors (Lipinski definition) is 1. The molecule has 0 saturated carbocycles. The third-order valence-electron chi connectivity index (χ3n) is 2.15. The van der Waals surface area contributed by atoms with Crippen molar-refractivity contribution in [3.63, 3.8) is 0 Å². The largest absolute Gasteiger partial charge is 0.258 e. The van der Waals surface area contributed by atoms with Crippen molar-refractivity contribution in [1.29, 1.82) is 0 Å². The molecule has 0 spiro atoms. The minimum atomic E-state index is 0.390. The van der Waals surface area contributed by atoms with E-state index in [1.165, 1.54) is 0 Å². The summed E-state index contributed by atoms with van der Waals surface area (Å²) in [5.41, 5.74) is 2.94. The maximum Gasteiger partial charge on any atom is 0.0653 e. The number of alkyl halides is 1. The van der Waals surface area contributed by atoms with Crippen LogP contribution in [0.5, 0.6) is 0 Å². The number of aromatic nitrogens is 1. The molecule has 1 aromatic carbocycles. The van der Waals surface area contributed by atoms with E-state index in [2.05, 4.69) is 4.98 Å². The Morgan fingerprint density at radius 1 is 1.13 bits per heavy atom. The fourth-order valence-corrected chi connectivity index (χ4v) is 1.81. The van der Waals surface area contributed by atoms with Gasteiger partial charge in [-0.05, 0) is 11.6 Å². The van der Waals surface area contributed by atoms with Crippen molar-refractivity contribution in [1.82, 2.24) is 4.98 Å². The van der Waals surface area contributed by atoms with Crippen LogP contribution in [0.4, 0.5) is 0 Å². The fourth-order valence-electron chi connectivity index (χ4n) is 1.44. The van der Waals surface area contributed by atoms with Crippen molar-refractivity contribution >= 4 is 23.2 Å². The van der Waals surface area contributed by atoms with Gasteiger partial charge in [-0.1, -0.05) is 41.9 Å². The molecular weight excluding hydrogens is 229 g/mol. The summed E-state index contributed by atoms with van der Waals surface area (Å²) in [5, 5.41) is 0.628. The van der Waals surface area contributed by atoms with Crippen LogP contribution in [0.2, 0.25) is 5.02 Å². The molecule has 0 aliphatic carbocycles. The van der Waals surface area contributed by atoms with Gasteiger partial charge in [0.2, 0.25) is 0 Å². The molecule has 1 aromatic heterocycles. The molecule has 0 aliphatic heterocycles. The van der Waals surface area contributed by atoms with Crippen LogP contribution in [0.25, 0.3) is 11.1 Å². The van der Waals surface area contributed by atoms with Crippen molar-refractivity contribution in [2.75, 3.05) is 0 Å². The average molecular weight is 238 g/mol. The molecule has 2 rings (SSSR count). The van der Waals surface area contributed by atoms with Crippen LogP contribution in [-0.4, -0.2) is 4.98 Å². The summed E-state index contributed by atoms with van der Waals surface area (Å²) in [6, 6.07) is 11.9. The standard InChI is InChI=1S/C12H9Cl2N/c13-7-12-11(6-10(14)8-15-12)9-4-2-1-3-5-9/h1-6,8H,7H2. The zero-order valence-corrected chi connectivity index (χ0v) is 9.46. The second kappa shape index (κ2) is 4.65. The predicted octanol–water partition coefficient (Wildman–Crippen LogP) is 4.14. The van der Waals surface area contributed by atoms with Gasteiger partial charge in [0.25, 0.3) is 0 Å². The van der Waals surface area contributed by atoms with E-state index >= 15 is 0 Å². The molecule has 1 nitrogen and oxygen atoms in total. The zero-order chi connectivity index (χ0) is 10.7. The van der Waals surface area contributed by atoms with Crippen molar-refractivity contribution in [2.24, 2.45) is 0 Å². The first kappa shape index (κ1) is 10.5. The first-order valence-electron chi connectivity index (χ1n) is 4.57. The zero-order valence-electron chi connectivity index (χ0n) is 7.95. The summed E-state index contributed by atoms with van der Waals surface area (Å²) in [4.78, 5) is 4.21. The third-order valence-corrected chi connectivity index (χ3v) is 2.61. The molecule has 0 atom stereocenters. The summed E-state index contributed by atoms with van der Waals surface area (Å²) in [6.45, 7) is 0. The Balaban J connectivity index is 2.56. The van der Waals surface area contributed by atoms with E-state index in [0.717, 1.165) is 16.8 Å². The quantitative estimate of drug-likeness (QED) is 0.716. The van der Waals surface area contributed by atoms with Crippen LogP contribution < -0.4 is 0 Å². The first-order chi connectivity index (χ1) is 7.31. The highest BCUT2D eigenvalue weighted by atomic mass is 35.5. The summed E-state index contributed by atoms with van der Waals surface area (Å²) in [7, 11) is 0. The Kier molecular flexibility index (Phi) is 3.24. The number of pyridine rings is 1. The van der Waals surface area contributed by atoms with Crippen LogP contribution in [0, 0.1) is 0 Å². The van der Waals surface area contributed by atoms with Gasteiger partial charge in [0.05, 0.1) is 16.6 Å². The summed E-state index contributed by atoms with van der Waals surface area (Å²) >= 11 is 11.7. The van der Waals surface area contributed by atoms with Crippen LogP contribution in [0.15, 0.2) is 42.6 Å². The molecule has 0 unspecified atom stereocenters. The molecule has 0 aliphatic rings. The third kappa shape index (κ3) is 2.31. The second-order valence-corrected chi connectivity index (χ2v) is 3.85. The lowest BCUT2D eigenvalue weighted by atomic mass is 10.1. The molecule has 2 aromatic rings. The second-order valence-electron chi connectivity index (χ2n) is 3.15. The van der Waals surface area contributed by atoms with Gasteiger partial charge in [0.1, 0.15) is 0 Å². The van der Waals surface area contributed by atoms with E-state index in [1.54, 1.807) is 6.20 Å². The van der Waals surface area contributed by atoms with E-state index < -0.39 is 0 Å². The summed E-state index contributed by atoms with van der Waals surface area (Å²) in [6.07, 6.45) is 1.62. The van der Waals surface area contributed by atoms with Crippen LogP contribution in [-0.2, 0) is 5.88 Å². The fraction of sp³-hybridized carbons (Fsp3) is 0.0833. The van der Waals surface area contributed by atoms with Crippen molar-refractivity contribution < 1.29 is 0 Å². The minimum absolute atomic E-state index is 0.390. The van der Waals surface area contributed by atoms with E-state index in [4.69, 9.17) is 23.2 Å². The van der Waals surface area contributed by atoms with Crippen molar-refractivity contribution in [2.45, 2.75) is 5.88 Å². The Hall–Kier alpha value is -1.05. The SMILES string of the molecule is ClCc1ncc(Cl)cc1-c1ccccc1. The number of halogens is 2. The van der Waals surface area contributed by atoms with Crippen LogP contribution in [0.3, 0.4) is 0 Å². The van der Waals surface area contributed by atoms with Gasteiger partial charge in [-0.25, -0.2) is 0 Å². The highest BCUT2D eigenvalue weighted by Crippen LogP contribution is 2.25. The number of hydrogen-bond donors (Lipinski definition) is 0. The maximum absolute atomic E-state index is 5.92. The van der Waals surface area contributed by atoms with E-state index in [9.17, 15) is 0 Å². The Morgan fingerprint density at radius 3 is 2.53 bits per heavy atom. The van der Waals surface area contributed by atoms with Gasteiger partial charge >= 0.3 is 0 Å². The normalized spacial score (nSPS) is 10.3. The average Bonchev–Trinajstić information content (AvgIpc) is 2.30. The molecule has 0 radical (unpaired) electrons. The molecule has 3 heteroatoms. The van der Waals surface area contributed by atoms with Gasteiger partial charge < -0.3 is 0 Å². The molecule has 0 amide bonds. The Morgan fingerprint density at radius 2 is 1.87 bits per heavy atom. The van der Waals surface area contributed by atoms with Gasteiger partial charge in [0, 0.05) is 11.8 Å². The predicted molar refractivity (Wildman–Crippen MR) is 64.2 cm³/mol. The Labute approximate surface area is 98.7 Å². The van der Waals surface area contributed by atoms with Gasteiger partial charge in [-0.3, -0.25) is 4.98 Å². The monoisotopic (exact) mass is 237 g/mol. The lowest BCUT2D eigenvalue weighted by Gasteiger charge is -2.06. The number of benzene rings is 1. The van der Waals surface area contributed by atoms with Gasteiger partial charge in [-0.15, -0.1) is 11.6 Å². The van der Waals surface area contributed by atoms with Gasteiger partial charge in [-0.2, -0.15) is 0 Å². The molecule has 15 heavy (non-hydrogen) atoms. The smallest absolute Gasteiger partial charge is 0.0653 e. The van der Waals surface area contributed by atoms with Crippen molar-refractivity contribution in [3.8, 4) is 11.1 Å². The lowest BCUT2D eigenvalue weighted by Crippen LogP contribution is -1.90. The van der Waals surface area contributed by atoms with E-state index in [0.29, 0.717) is 10.9 Å².